The molecular weight excluding hydrogens is 354 g/mol. The monoisotopic (exact) mass is 381 g/mol. The molecule has 1 saturated heterocycles. The van der Waals surface area contributed by atoms with Crippen LogP contribution >= 0.6 is 11.6 Å². The molecule has 0 bridgehead atoms. The van der Waals surface area contributed by atoms with Crippen LogP contribution in [0.4, 0.5) is 0 Å². The average molecular weight is 382 g/mol. The van der Waals surface area contributed by atoms with Crippen LogP contribution in [0.2, 0.25) is 5.02 Å². The van der Waals surface area contributed by atoms with E-state index in [1.165, 1.54) is 50.8 Å². The maximum Gasteiger partial charge on any atom is 0.123 e. The summed E-state index contributed by atoms with van der Waals surface area (Å²) in [6, 6.07) is 16.8. The first-order chi connectivity index (χ1) is 13.2. The van der Waals surface area contributed by atoms with Crippen molar-refractivity contribution in [2.45, 2.75) is 38.6 Å². The molecule has 1 aromatic heterocycles. The van der Waals surface area contributed by atoms with E-state index < -0.39 is 0 Å². The molecule has 4 rings (SSSR count). The first kappa shape index (κ1) is 18.5. The highest BCUT2D eigenvalue weighted by molar-refractivity contribution is 6.31. The summed E-state index contributed by atoms with van der Waals surface area (Å²) in [5.74, 6) is 2.01. The van der Waals surface area contributed by atoms with E-state index in [0.717, 1.165) is 34.3 Å². The molecule has 0 amide bonds. The van der Waals surface area contributed by atoms with Gasteiger partial charge in [0.15, 0.2) is 0 Å². The Morgan fingerprint density at radius 2 is 1.85 bits per heavy atom. The zero-order valence-electron chi connectivity index (χ0n) is 16.1. The van der Waals surface area contributed by atoms with Gasteiger partial charge in [-0.05, 0) is 68.5 Å². The first-order valence-electron chi connectivity index (χ1n) is 10.1. The third kappa shape index (κ3) is 4.53. The Labute approximate surface area is 167 Å². The summed E-state index contributed by atoms with van der Waals surface area (Å²) < 4.78 is 2.19. The molecule has 0 N–H and O–H groups in total. The molecule has 0 unspecified atom stereocenters. The van der Waals surface area contributed by atoms with Gasteiger partial charge in [0.25, 0.3) is 0 Å². The van der Waals surface area contributed by atoms with Crippen molar-refractivity contribution in [3.05, 3.63) is 64.9 Å². The summed E-state index contributed by atoms with van der Waals surface area (Å²) in [6.07, 6.45) is 6.49. The zero-order chi connectivity index (χ0) is 18.6. The van der Waals surface area contributed by atoms with Gasteiger partial charge in [0, 0.05) is 12.1 Å². The van der Waals surface area contributed by atoms with E-state index in [4.69, 9.17) is 16.6 Å². The number of piperidine rings is 1. The van der Waals surface area contributed by atoms with Gasteiger partial charge < -0.3 is 4.57 Å². The molecule has 4 heteroatoms. The van der Waals surface area contributed by atoms with Crippen molar-refractivity contribution in [1.29, 1.82) is 0 Å². The number of likely N-dealkylation sites (tertiary alicyclic amines) is 1. The van der Waals surface area contributed by atoms with Crippen molar-refractivity contribution in [2.24, 2.45) is 13.0 Å². The molecule has 2 heterocycles. The molecule has 0 saturated carbocycles. The number of imidazole rings is 1. The number of aryl methyl sites for hydroxylation is 2. The summed E-state index contributed by atoms with van der Waals surface area (Å²) in [5.41, 5.74) is 3.62. The van der Waals surface area contributed by atoms with E-state index in [-0.39, 0.29) is 0 Å². The Bertz CT molecular complexity index is 879. The van der Waals surface area contributed by atoms with Crippen LogP contribution in [0.25, 0.3) is 11.0 Å². The number of benzene rings is 2. The predicted molar refractivity (Wildman–Crippen MR) is 113 cm³/mol. The van der Waals surface area contributed by atoms with Crippen LogP contribution in [0.15, 0.2) is 48.5 Å². The normalized spacial score (nSPS) is 16.2. The lowest BCUT2D eigenvalue weighted by Gasteiger charge is -2.31. The molecule has 27 heavy (non-hydrogen) atoms. The van der Waals surface area contributed by atoms with Crippen LogP contribution in [-0.4, -0.2) is 27.5 Å². The number of rotatable bonds is 6. The molecular formula is C23H28ClN3. The molecule has 1 aliphatic heterocycles. The minimum atomic E-state index is 0.772. The highest BCUT2D eigenvalue weighted by Gasteiger charge is 2.20. The van der Waals surface area contributed by atoms with Crippen molar-refractivity contribution in [2.75, 3.05) is 13.1 Å². The van der Waals surface area contributed by atoms with Gasteiger partial charge in [0.2, 0.25) is 0 Å². The Morgan fingerprint density at radius 3 is 2.63 bits per heavy atom. The Morgan fingerprint density at radius 1 is 1.07 bits per heavy atom. The Hall–Kier alpha value is -1.84. The predicted octanol–water partition coefficient (Wildman–Crippen LogP) is 5.46. The smallest absolute Gasteiger partial charge is 0.123 e. The maximum atomic E-state index is 6.14. The van der Waals surface area contributed by atoms with E-state index in [9.17, 15) is 0 Å². The van der Waals surface area contributed by atoms with Gasteiger partial charge in [0.1, 0.15) is 5.82 Å². The van der Waals surface area contributed by atoms with Crippen LogP contribution in [-0.2, 0) is 20.0 Å². The van der Waals surface area contributed by atoms with Crippen molar-refractivity contribution in [3.8, 4) is 0 Å². The highest BCUT2D eigenvalue weighted by atomic mass is 35.5. The number of halogens is 1. The van der Waals surface area contributed by atoms with Crippen molar-refractivity contribution < 1.29 is 0 Å². The molecule has 1 aliphatic rings. The van der Waals surface area contributed by atoms with Gasteiger partial charge in [-0.3, -0.25) is 4.90 Å². The lowest BCUT2D eigenvalue weighted by Crippen LogP contribution is -2.34. The molecule has 0 spiro atoms. The van der Waals surface area contributed by atoms with E-state index in [1.807, 2.05) is 18.2 Å². The van der Waals surface area contributed by atoms with E-state index in [2.05, 4.69) is 46.8 Å². The fourth-order valence-electron chi connectivity index (χ4n) is 4.23. The molecule has 1 fully saturated rings. The largest absolute Gasteiger partial charge is 0.330 e. The fourth-order valence-corrected chi connectivity index (χ4v) is 4.39. The third-order valence-corrected chi connectivity index (χ3v) is 6.16. The zero-order valence-corrected chi connectivity index (χ0v) is 16.8. The van der Waals surface area contributed by atoms with Gasteiger partial charge >= 0.3 is 0 Å². The van der Waals surface area contributed by atoms with Crippen LogP contribution in [0, 0.1) is 5.92 Å². The molecule has 3 nitrogen and oxygen atoms in total. The number of hydrogen-bond donors (Lipinski definition) is 0. The minimum Gasteiger partial charge on any atom is -0.330 e. The average Bonchev–Trinajstić information content (AvgIpc) is 2.99. The first-order valence-corrected chi connectivity index (χ1v) is 10.4. The standard InChI is InChI=1S/C23H28ClN3/c1-26-22-16-20(24)10-11-21(22)25-23(26)17-27-14-12-19(13-15-27)9-5-8-18-6-3-2-4-7-18/h2-4,6-7,10-11,16,19H,5,8-9,12-15,17H2,1H3. The third-order valence-electron chi connectivity index (χ3n) is 5.93. The Kier molecular flexibility index (Phi) is 5.80. The van der Waals surface area contributed by atoms with Gasteiger partial charge in [0.05, 0.1) is 17.6 Å². The topological polar surface area (TPSA) is 21.1 Å². The van der Waals surface area contributed by atoms with E-state index in [0.29, 0.717) is 0 Å². The van der Waals surface area contributed by atoms with Crippen molar-refractivity contribution in [3.63, 3.8) is 0 Å². The van der Waals surface area contributed by atoms with Gasteiger partial charge in [-0.15, -0.1) is 0 Å². The number of nitrogens with zero attached hydrogens (tertiary/aromatic N) is 3. The van der Waals surface area contributed by atoms with Crippen molar-refractivity contribution in [1.82, 2.24) is 14.5 Å². The maximum absolute atomic E-state index is 6.14. The molecule has 2 aromatic carbocycles. The summed E-state index contributed by atoms with van der Waals surface area (Å²) in [7, 11) is 2.09. The van der Waals surface area contributed by atoms with E-state index >= 15 is 0 Å². The molecule has 142 valence electrons. The van der Waals surface area contributed by atoms with E-state index in [1.54, 1.807) is 0 Å². The Balaban J connectivity index is 1.26. The fraction of sp³-hybridized carbons (Fsp3) is 0.435. The lowest BCUT2D eigenvalue weighted by atomic mass is 9.91. The number of hydrogen-bond acceptors (Lipinski definition) is 2. The van der Waals surface area contributed by atoms with Gasteiger partial charge in [-0.25, -0.2) is 4.98 Å². The summed E-state index contributed by atoms with van der Waals surface area (Å²) >= 11 is 6.14. The second-order valence-electron chi connectivity index (χ2n) is 7.82. The highest BCUT2D eigenvalue weighted by Crippen LogP contribution is 2.25. The quantitative estimate of drug-likeness (QED) is 0.565. The number of fused-ring (bicyclic) bond motifs is 1. The molecule has 0 atom stereocenters. The summed E-state index contributed by atoms with van der Waals surface area (Å²) in [5, 5.41) is 0.772. The summed E-state index contributed by atoms with van der Waals surface area (Å²) in [4.78, 5) is 7.36. The molecule has 3 aromatic rings. The van der Waals surface area contributed by atoms with Crippen LogP contribution in [0.3, 0.4) is 0 Å². The number of aromatic nitrogens is 2. The second-order valence-corrected chi connectivity index (χ2v) is 8.25. The lowest BCUT2D eigenvalue weighted by molar-refractivity contribution is 0.166. The molecule has 0 aliphatic carbocycles. The molecule has 0 radical (unpaired) electrons. The minimum absolute atomic E-state index is 0.772. The van der Waals surface area contributed by atoms with Crippen LogP contribution in [0.5, 0.6) is 0 Å². The SMILES string of the molecule is Cn1c(CN2CCC(CCCc3ccccc3)CC2)nc2ccc(Cl)cc21. The van der Waals surface area contributed by atoms with Gasteiger partial charge in [-0.2, -0.15) is 0 Å². The van der Waals surface area contributed by atoms with Gasteiger partial charge in [-0.1, -0.05) is 48.4 Å². The second kappa shape index (κ2) is 8.45. The van der Waals surface area contributed by atoms with Crippen LogP contribution < -0.4 is 0 Å². The van der Waals surface area contributed by atoms with Crippen molar-refractivity contribution >= 4 is 22.6 Å². The summed E-state index contributed by atoms with van der Waals surface area (Å²) in [6.45, 7) is 3.29. The van der Waals surface area contributed by atoms with Crippen LogP contribution in [0.1, 0.15) is 37.1 Å².